The number of nitrogens with zero attached hydrogens (tertiary/aromatic N) is 1. The maximum Gasteiger partial charge on any atom is 0.153 e. The van der Waals surface area contributed by atoms with Crippen LogP contribution in [0.1, 0.15) is 27.7 Å². The molecule has 0 bridgehead atoms. The zero-order chi connectivity index (χ0) is 10.9. The van der Waals surface area contributed by atoms with Gasteiger partial charge in [0.25, 0.3) is 0 Å². The van der Waals surface area contributed by atoms with Gasteiger partial charge in [0.15, 0.2) is 9.84 Å². The van der Waals surface area contributed by atoms with Gasteiger partial charge >= 0.3 is 0 Å². The highest BCUT2D eigenvalue weighted by atomic mass is 32.2. The molecular weight excluding hydrogens is 198 g/mol. The topological polar surface area (TPSA) is 37.4 Å². The second-order valence-corrected chi connectivity index (χ2v) is 6.99. The summed E-state index contributed by atoms with van der Waals surface area (Å²) in [5.74, 6) is 1.07. The molecule has 0 aliphatic carbocycles. The first-order valence-electron chi connectivity index (χ1n) is 5.29. The van der Waals surface area contributed by atoms with Crippen molar-refractivity contribution in [2.75, 3.05) is 18.1 Å². The Morgan fingerprint density at radius 2 is 1.79 bits per heavy atom. The second-order valence-electron chi connectivity index (χ2n) is 4.76. The van der Waals surface area contributed by atoms with Crippen LogP contribution in [0.5, 0.6) is 0 Å². The van der Waals surface area contributed by atoms with E-state index in [0.717, 1.165) is 0 Å². The fourth-order valence-corrected chi connectivity index (χ4v) is 3.82. The van der Waals surface area contributed by atoms with E-state index < -0.39 is 9.84 Å². The van der Waals surface area contributed by atoms with E-state index in [-0.39, 0.29) is 6.04 Å². The van der Waals surface area contributed by atoms with Gasteiger partial charge in [-0.15, -0.1) is 0 Å². The van der Waals surface area contributed by atoms with Gasteiger partial charge in [-0.25, -0.2) is 8.42 Å². The van der Waals surface area contributed by atoms with Crippen molar-refractivity contribution >= 4 is 9.84 Å². The van der Waals surface area contributed by atoms with Gasteiger partial charge in [-0.3, -0.25) is 4.90 Å². The summed E-state index contributed by atoms with van der Waals surface area (Å²) >= 11 is 0. The summed E-state index contributed by atoms with van der Waals surface area (Å²) in [6.07, 6.45) is 0. The molecule has 1 saturated heterocycles. The minimum atomic E-state index is -2.79. The molecule has 4 heteroatoms. The lowest BCUT2D eigenvalue weighted by Gasteiger charge is -2.40. The normalized spacial score (nSPS) is 28.6. The first kappa shape index (κ1) is 12.0. The third-order valence-corrected chi connectivity index (χ3v) is 4.60. The molecule has 1 heterocycles. The van der Waals surface area contributed by atoms with Crippen molar-refractivity contribution in [1.82, 2.24) is 4.90 Å². The smallest absolute Gasteiger partial charge is 0.153 e. The molecule has 0 aromatic carbocycles. The SMILES string of the molecule is CC(C)[C@@H]1CS(=O)(=O)CCN1C(C)C. The number of sulfone groups is 1. The average molecular weight is 219 g/mol. The first-order valence-corrected chi connectivity index (χ1v) is 7.12. The monoisotopic (exact) mass is 219 g/mol. The predicted molar refractivity (Wildman–Crippen MR) is 59.1 cm³/mol. The molecule has 0 amide bonds. The van der Waals surface area contributed by atoms with Crippen LogP contribution in [-0.4, -0.2) is 43.5 Å². The van der Waals surface area contributed by atoms with E-state index in [0.29, 0.717) is 30.0 Å². The number of hydrogen-bond donors (Lipinski definition) is 0. The minimum Gasteiger partial charge on any atom is -0.296 e. The Bertz CT molecular complexity index is 282. The maximum absolute atomic E-state index is 11.5. The molecule has 14 heavy (non-hydrogen) atoms. The Kier molecular flexibility index (Phi) is 3.58. The van der Waals surface area contributed by atoms with E-state index in [9.17, 15) is 8.42 Å². The van der Waals surface area contributed by atoms with Crippen LogP contribution < -0.4 is 0 Å². The zero-order valence-corrected chi connectivity index (χ0v) is 10.3. The summed E-state index contributed by atoms with van der Waals surface area (Å²) < 4.78 is 23.0. The van der Waals surface area contributed by atoms with Crippen molar-refractivity contribution in [1.29, 1.82) is 0 Å². The summed E-state index contributed by atoms with van der Waals surface area (Å²) in [5.41, 5.74) is 0. The molecular formula is C10H21NO2S. The fourth-order valence-electron chi connectivity index (χ4n) is 2.07. The molecule has 1 fully saturated rings. The van der Waals surface area contributed by atoms with Crippen molar-refractivity contribution < 1.29 is 8.42 Å². The highest BCUT2D eigenvalue weighted by molar-refractivity contribution is 7.91. The Morgan fingerprint density at radius 1 is 1.21 bits per heavy atom. The molecule has 0 spiro atoms. The van der Waals surface area contributed by atoms with E-state index in [4.69, 9.17) is 0 Å². The Labute approximate surface area is 87.4 Å². The highest BCUT2D eigenvalue weighted by Gasteiger charge is 2.33. The van der Waals surface area contributed by atoms with Gasteiger partial charge in [-0.2, -0.15) is 0 Å². The average Bonchev–Trinajstić information content (AvgIpc) is 2.01. The Hall–Kier alpha value is -0.0900. The lowest BCUT2D eigenvalue weighted by Crippen LogP contribution is -2.53. The molecule has 1 aliphatic heterocycles. The summed E-state index contributed by atoms with van der Waals surface area (Å²) in [4.78, 5) is 2.31. The Balaban J connectivity index is 2.81. The number of hydrogen-bond acceptors (Lipinski definition) is 3. The van der Waals surface area contributed by atoms with E-state index in [1.54, 1.807) is 0 Å². The molecule has 0 N–H and O–H groups in total. The third kappa shape index (κ3) is 2.70. The molecule has 1 atom stereocenters. The quantitative estimate of drug-likeness (QED) is 0.699. The van der Waals surface area contributed by atoms with Crippen LogP contribution in [0.15, 0.2) is 0 Å². The molecule has 0 aromatic rings. The molecule has 1 aliphatic rings. The molecule has 84 valence electrons. The van der Waals surface area contributed by atoms with E-state index in [2.05, 4.69) is 32.6 Å². The second kappa shape index (κ2) is 4.19. The lowest BCUT2D eigenvalue weighted by molar-refractivity contribution is 0.134. The summed E-state index contributed by atoms with van der Waals surface area (Å²) in [7, 11) is -2.79. The van der Waals surface area contributed by atoms with E-state index in [1.807, 2.05) is 0 Å². The predicted octanol–water partition coefficient (Wildman–Crippen LogP) is 1.15. The molecule has 0 radical (unpaired) electrons. The van der Waals surface area contributed by atoms with Gasteiger partial charge in [0.2, 0.25) is 0 Å². The van der Waals surface area contributed by atoms with Gasteiger partial charge in [-0.05, 0) is 19.8 Å². The van der Waals surface area contributed by atoms with Gasteiger partial charge in [0.05, 0.1) is 11.5 Å². The van der Waals surface area contributed by atoms with Crippen molar-refractivity contribution in [2.45, 2.75) is 39.8 Å². The van der Waals surface area contributed by atoms with Crippen LogP contribution in [0.4, 0.5) is 0 Å². The molecule has 0 unspecified atom stereocenters. The molecule has 1 rings (SSSR count). The fraction of sp³-hybridized carbons (Fsp3) is 1.00. The van der Waals surface area contributed by atoms with Crippen LogP contribution in [0.25, 0.3) is 0 Å². The van der Waals surface area contributed by atoms with Crippen LogP contribution in [0.2, 0.25) is 0 Å². The maximum atomic E-state index is 11.5. The largest absolute Gasteiger partial charge is 0.296 e. The Morgan fingerprint density at radius 3 is 2.21 bits per heavy atom. The van der Waals surface area contributed by atoms with Crippen molar-refractivity contribution in [3.8, 4) is 0 Å². The standard InChI is InChI=1S/C10H21NO2S/c1-8(2)10-7-14(12,13)6-5-11(10)9(3)4/h8-10H,5-7H2,1-4H3/t10-/m0/s1. The zero-order valence-electron chi connectivity index (χ0n) is 9.53. The van der Waals surface area contributed by atoms with Gasteiger partial charge in [0, 0.05) is 18.6 Å². The first-order chi connectivity index (χ1) is 6.33. The van der Waals surface area contributed by atoms with Gasteiger partial charge in [0.1, 0.15) is 0 Å². The molecule has 3 nitrogen and oxygen atoms in total. The van der Waals surface area contributed by atoms with Crippen LogP contribution in [-0.2, 0) is 9.84 Å². The number of rotatable bonds is 2. The highest BCUT2D eigenvalue weighted by Crippen LogP contribution is 2.20. The summed E-state index contributed by atoms with van der Waals surface area (Å²) in [6, 6.07) is 0.645. The van der Waals surface area contributed by atoms with Gasteiger partial charge < -0.3 is 0 Å². The van der Waals surface area contributed by atoms with E-state index in [1.165, 1.54) is 0 Å². The minimum absolute atomic E-state index is 0.203. The van der Waals surface area contributed by atoms with E-state index >= 15 is 0 Å². The van der Waals surface area contributed by atoms with Crippen molar-refractivity contribution in [3.05, 3.63) is 0 Å². The summed E-state index contributed by atoms with van der Waals surface area (Å²) in [5, 5.41) is 0. The van der Waals surface area contributed by atoms with Crippen LogP contribution in [0, 0.1) is 5.92 Å². The van der Waals surface area contributed by atoms with Crippen LogP contribution >= 0.6 is 0 Å². The van der Waals surface area contributed by atoms with Crippen molar-refractivity contribution in [3.63, 3.8) is 0 Å². The van der Waals surface area contributed by atoms with Crippen LogP contribution in [0.3, 0.4) is 0 Å². The summed E-state index contributed by atoms with van der Waals surface area (Å²) in [6.45, 7) is 9.16. The third-order valence-electron chi connectivity index (χ3n) is 2.94. The molecule has 0 saturated carbocycles. The van der Waals surface area contributed by atoms with Gasteiger partial charge in [-0.1, -0.05) is 13.8 Å². The van der Waals surface area contributed by atoms with Crippen molar-refractivity contribution in [2.24, 2.45) is 5.92 Å². The molecule has 0 aromatic heterocycles. The lowest BCUT2D eigenvalue weighted by atomic mass is 10.0.